The van der Waals surface area contributed by atoms with Gasteiger partial charge in [-0.25, -0.2) is 0 Å². The highest BCUT2D eigenvalue weighted by Crippen LogP contribution is 2.09. The summed E-state index contributed by atoms with van der Waals surface area (Å²) in [4.78, 5) is 0. The van der Waals surface area contributed by atoms with E-state index in [4.69, 9.17) is 5.26 Å². The first kappa shape index (κ1) is 13.7. The minimum absolute atomic E-state index is 0.0789. The van der Waals surface area contributed by atoms with Gasteiger partial charge in [0.15, 0.2) is 0 Å². The van der Waals surface area contributed by atoms with E-state index < -0.39 is 0 Å². The van der Waals surface area contributed by atoms with Crippen molar-refractivity contribution in [1.29, 1.82) is 5.26 Å². The largest absolute Gasteiger partial charge is 0.311 e. The molecule has 0 heterocycles. The van der Waals surface area contributed by atoms with Gasteiger partial charge in [0.25, 0.3) is 0 Å². The molecule has 0 saturated heterocycles. The number of nitrogens with zero attached hydrogens (tertiary/aromatic N) is 1. The van der Waals surface area contributed by atoms with Crippen molar-refractivity contribution in [3.05, 3.63) is 35.4 Å². The number of benzene rings is 1. The Balaban J connectivity index is 2.38. The quantitative estimate of drug-likeness (QED) is 0.815. The molecule has 0 amide bonds. The summed E-state index contributed by atoms with van der Waals surface area (Å²) >= 11 is 0. The van der Waals surface area contributed by atoms with Gasteiger partial charge in [-0.2, -0.15) is 5.26 Å². The van der Waals surface area contributed by atoms with Crippen LogP contribution in [0.4, 0.5) is 0 Å². The predicted octanol–water partition coefficient (Wildman–Crippen LogP) is 3.13. The monoisotopic (exact) mass is 230 g/mol. The lowest BCUT2D eigenvalue weighted by atomic mass is 10.0. The molecule has 2 nitrogen and oxygen atoms in total. The molecule has 1 atom stereocenters. The molecule has 0 spiro atoms. The molecule has 1 aromatic carbocycles. The van der Waals surface area contributed by atoms with Gasteiger partial charge in [-0.15, -0.1) is 0 Å². The molecule has 0 aliphatic rings. The molecule has 1 aromatic rings. The van der Waals surface area contributed by atoms with E-state index in [2.05, 4.69) is 49.5 Å². The molecule has 0 saturated carbocycles. The number of nitrogens with one attached hydrogen (secondary N) is 1. The summed E-state index contributed by atoms with van der Waals surface area (Å²) in [6.45, 7) is 7.99. The van der Waals surface area contributed by atoms with E-state index in [0.717, 1.165) is 19.5 Å². The van der Waals surface area contributed by atoms with Crippen LogP contribution in [0.1, 0.15) is 31.9 Å². The average Bonchev–Trinajstić information content (AvgIpc) is 2.30. The molecule has 0 aliphatic carbocycles. The minimum atomic E-state index is 0.0789. The lowest BCUT2D eigenvalue weighted by molar-refractivity contribution is 0.601. The first-order valence-corrected chi connectivity index (χ1v) is 6.30. The second-order valence-corrected chi connectivity index (χ2v) is 5.08. The standard InChI is InChI=1S/C15H22N2/c1-12(2)8-14-4-6-15(7-5-14)11-17-10-13(3)9-16/h4-7,12-13,17H,8,10-11H2,1-3H3. The van der Waals surface area contributed by atoms with Crippen LogP contribution in [0.25, 0.3) is 0 Å². The molecule has 2 heteroatoms. The van der Waals surface area contributed by atoms with Gasteiger partial charge in [0.2, 0.25) is 0 Å². The maximum Gasteiger partial charge on any atom is 0.0666 e. The molecular formula is C15H22N2. The second-order valence-electron chi connectivity index (χ2n) is 5.08. The summed E-state index contributed by atoms with van der Waals surface area (Å²) in [6, 6.07) is 11.0. The molecule has 92 valence electrons. The van der Waals surface area contributed by atoms with Crippen molar-refractivity contribution in [2.75, 3.05) is 6.54 Å². The lowest BCUT2D eigenvalue weighted by Crippen LogP contribution is -2.19. The summed E-state index contributed by atoms with van der Waals surface area (Å²) in [6.07, 6.45) is 1.14. The van der Waals surface area contributed by atoms with Crippen molar-refractivity contribution in [2.24, 2.45) is 11.8 Å². The third kappa shape index (κ3) is 5.51. The summed E-state index contributed by atoms with van der Waals surface area (Å²) in [5.74, 6) is 0.783. The van der Waals surface area contributed by atoms with Crippen molar-refractivity contribution >= 4 is 0 Å². The fraction of sp³-hybridized carbons (Fsp3) is 0.533. The SMILES string of the molecule is CC(C)Cc1ccc(CNCC(C)C#N)cc1. The van der Waals surface area contributed by atoms with Gasteiger partial charge in [0, 0.05) is 13.1 Å². The first-order valence-electron chi connectivity index (χ1n) is 6.30. The van der Waals surface area contributed by atoms with E-state index >= 15 is 0 Å². The predicted molar refractivity (Wildman–Crippen MR) is 71.5 cm³/mol. The molecule has 0 fully saturated rings. The summed E-state index contributed by atoms with van der Waals surface area (Å²) < 4.78 is 0. The van der Waals surface area contributed by atoms with Crippen LogP contribution in [0.5, 0.6) is 0 Å². The molecule has 1 N–H and O–H groups in total. The van der Waals surface area contributed by atoms with Crippen LogP contribution in [-0.2, 0) is 13.0 Å². The normalized spacial score (nSPS) is 12.4. The van der Waals surface area contributed by atoms with Crippen LogP contribution in [0, 0.1) is 23.2 Å². The third-order valence-electron chi connectivity index (χ3n) is 2.67. The zero-order valence-corrected chi connectivity index (χ0v) is 11.0. The fourth-order valence-electron chi connectivity index (χ4n) is 1.74. The molecule has 0 bridgehead atoms. The Kier molecular flexibility index (Phi) is 5.72. The van der Waals surface area contributed by atoms with Gasteiger partial charge in [-0.1, -0.05) is 38.1 Å². The number of hydrogen-bond donors (Lipinski definition) is 1. The van der Waals surface area contributed by atoms with E-state index in [9.17, 15) is 0 Å². The molecule has 1 unspecified atom stereocenters. The summed E-state index contributed by atoms with van der Waals surface area (Å²) in [7, 11) is 0. The maximum atomic E-state index is 8.66. The van der Waals surface area contributed by atoms with E-state index in [0.29, 0.717) is 5.92 Å². The van der Waals surface area contributed by atoms with Crippen molar-refractivity contribution in [3.8, 4) is 6.07 Å². The molecule has 17 heavy (non-hydrogen) atoms. The van der Waals surface area contributed by atoms with Crippen molar-refractivity contribution < 1.29 is 0 Å². The molecular weight excluding hydrogens is 208 g/mol. The van der Waals surface area contributed by atoms with Crippen LogP contribution in [-0.4, -0.2) is 6.54 Å². The van der Waals surface area contributed by atoms with Gasteiger partial charge < -0.3 is 5.32 Å². The maximum absolute atomic E-state index is 8.66. The highest BCUT2D eigenvalue weighted by Gasteiger charge is 2.00. The van der Waals surface area contributed by atoms with E-state index in [1.807, 2.05) is 6.92 Å². The number of hydrogen-bond acceptors (Lipinski definition) is 2. The Morgan fingerprint density at radius 3 is 2.24 bits per heavy atom. The highest BCUT2D eigenvalue weighted by atomic mass is 14.8. The van der Waals surface area contributed by atoms with Crippen LogP contribution in [0.2, 0.25) is 0 Å². The van der Waals surface area contributed by atoms with E-state index in [-0.39, 0.29) is 5.92 Å². The van der Waals surface area contributed by atoms with Crippen molar-refractivity contribution in [2.45, 2.75) is 33.7 Å². The number of nitriles is 1. The second kappa shape index (κ2) is 7.09. The Morgan fingerprint density at radius 1 is 1.12 bits per heavy atom. The van der Waals surface area contributed by atoms with Gasteiger partial charge in [-0.05, 0) is 30.4 Å². The highest BCUT2D eigenvalue weighted by molar-refractivity contribution is 5.22. The van der Waals surface area contributed by atoms with Crippen LogP contribution in [0.3, 0.4) is 0 Å². The van der Waals surface area contributed by atoms with Crippen LogP contribution in [0.15, 0.2) is 24.3 Å². The summed E-state index contributed by atoms with van der Waals surface area (Å²) in [5, 5.41) is 12.0. The zero-order valence-electron chi connectivity index (χ0n) is 11.0. The van der Waals surface area contributed by atoms with Crippen molar-refractivity contribution in [3.63, 3.8) is 0 Å². The smallest absolute Gasteiger partial charge is 0.0666 e. The molecule has 0 aliphatic heterocycles. The van der Waals surface area contributed by atoms with E-state index in [1.165, 1.54) is 11.1 Å². The lowest BCUT2D eigenvalue weighted by Gasteiger charge is -2.08. The first-order chi connectivity index (χ1) is 8.11. The summed E-state index contributed by atoms with van der Waals surface area (Å²) in [5.41, 5.74) is 2.68. The topological polar surface area (TPSA) is 35.8 Å². The fourth-order valence-corrected chi connectivity index (χ4v) is 1.74. The van der Waals surface area contributed by atoms with Crippen molar-refractivity contribution in [1.82, 2.24) is 5.32 Å². The Hall–Kier alpha value is -1.33. The molecule has 1 rings (SSSR count). The number of rotatable bonds is 6. The zero-order chi connectivity index (χ0) is 12.7. The van der Waals surface area contributed by atoms with Gasteiger partial charge in [0.1, 0.15) is 0 Å². The van der Waals surface area contributed by atoms with E-state index in [1.54, 1.807) is 0 Å². The Morgan fingerprint density at radius 2 is 1.71 bits per heavy atom. The van der Waals surface area contributed by atoms with Gasteiger partial charge in [0.05, 0.1) is 12.0 Å². The Labute approximate surface area is 105 Å². The Bertz CT molecular complexity index is 360. The van der Waals surface area contributed by atoms with Crippen LogP contribution >= 0.6 is 0 Å². The average molecular weight is 230 g/mol. The van der Waals surface area contributed by atoms with Gasteiger partial charge in [-0.3, -0.25) is 0 Å². The minimum Gasteiger partial charge on any atom is -0.311 e. The third-order valence-corrected chi connectivity index (χ3v) is 2.67. The van der Waals surface area contributed by atoms with Gasteiger partial charge >= 0.3 is 0 Å². The van der Waals surface area contributed by atoms with Crippen LogP contribution < -0.4 is 5.32 Å². The molecule has 0 aromatic heterocycles. The molecule has 0 radical (unpaired) electrons.